The zero-order valence-electron chi connectivity index (χ0n) is 14.1. The Balaban J connectivity index is 1.95. The molecule has 0 fully saturated rings. The highest BCUT2D eigenvalue weighted by Gasteiger charge is 2.13. The highest BCUT2D eigenvalue weighted by Crippen LogP contribution is 2.25. The number of esters is 1. The number of carbonyl (C=O) groups excluding carboxylic acids is 2. The minimum Gasteiger partial charge on any atom is -0.452 e. The number of nitrogens with one attached hydrogen (secondary N) is 1. The number of rotatable bonds is 6. The number of halogens is 2. The zero-order chi connectivity index (χ0) is 20.0. The molecular formula is C18H15ClFNO5S. The van der Waals surface area contributed by atoms with Crippen molar-refractivity contribution in [2.75, 3.05) is 18.2 Å². The van der Waals surface area contributed by atoms with E-state index in [0.717, 1.165) is 12.3 Å². The number of ether oxygens (including phenoxy) is 1. The Morgan fingerprint density at radius 3 is 2.59 bits per heavy atom. The minimum absolute atomic E-state index is 0.0213. The summed E-state index contributed by atoms with van der Waals surface area (Å²) in [6.45, 7) is -0.625. The van der Waals surface area contributed by atoms with Crippen molar-refractivity contribution in [2.45, 2.75) is 4.90 Å². The number of sulfone groups is 1. The van der Waals surface area contributed by atoms with Gasteiger partial charge in [-0.15, -0.1) is 0 Å². The standard InChI is InChI=1S/C18H15ClFNO5S/c1-27(24,25)13-7-8-14(19)16(10-13)21-17(22)11-26-18(23)9-6-12-4-2-3-5-15(12)20/h2-10H,11H2,1H3,(H,21,22)/b9-6+. The van der Waals surface area contributed by atoms with Crippen LogP contribution in [-0.2, 0) is 24.2 Å². The second-order valence-corrected chi connectivity index (χ2v) is 7.85. The first kappa shape index (κ1) is 20.6. The van der Waals surface area contributed by atoms with Gasteiger partial charge in [0.05, 0.1) is 15.6 Å². The Bertz CT molecular complexity index is 1000. The molecule has 0 unspecified atom stereocenters. The monoisotopic (exact) mass is 411 g/mol. The van der Waals surface area contributed by atoms with Crippen LogP contribution in [0.5, 0.6) is 0 Å². The molecule has 0 atom stereocenters. The molecule has 0 saturated carbocycles. The van der Waals surface area contributed by atoms with Gasteiger partial charge in [0.15, 0.2) is 16.4 Å². The molecule has 0 bridgehead atoms. The van der Waals surface area contributed by atoms with Gasteiger partial charge in [-0.1, -0.05) is 29.8 Å². The summed E-state index contributed by atoms with van der Waals surface area (Å²) >= 11 is 5.92. The molecule has 0 heterocycles. The fourth-order valence-corrected chi connectivity index (χ4v) is 2.78. The Morgan fingerprint density at radius 1 is 1.22 bits per heavy atom. The van der Waals surface area contributed by atoms with Gasteiger partial charge in [-0.3, -0.25) is 4.79 Å². The SMILES string of the molecule is CS(=O)(=O)c1ccc(Cl)c(NC(=O)COC(=O)/C=C/c2ccccc2F)c1. The van der Waals surface area contributed by atoms with Crippen LogP contribution in [0.15, 0.2) is 53.4 Å². The van der Waals surface area contributed by atoms with Crippen LogP contribution in [0.3, 0.4) is 0 Å². The second-order valence-electron chi connectivity index (χ2n) is 5.42. The van der Waals surface area contributed by atoms with E-state index in [2.05, 4.69) is 5.32 Å². The van der Waals surface area contributed by atoms with Crippen LogP contribution in [0.4, 0.5) is 10.1 Å². The molecule has 0 aromatic heterocycles. The van der Waals surface area contributed by atoms with Gasteiger partial charge in [0.2, 0.25) is 0 Å². The maximum absolute atomic E-state index is 13.4. The summed E-state index contributed by atoms with van der Waals surface area (Å²) < 4.78 is 41.3. The third kappa shape index (κ3) is 6.19. The van der Waals surface area contributed by atoms with E-state index in [1.165, 1.54) is 42.5 Å². The predicted molar refractivity (Wildman–Crippen MR) is 99.6 cm³/mol. The van der Waals surface area contributed by atoms with Crippen LogP contribution in [0, 0.1) is 5.82 Å². The number of amides is 1. The van der Waals surface area contributed by atoms with Gasteiger partial charge in [0, 0.05) is 17.9 Å². The molecule has 27 heavy (non-hydrogen) atoms. The lowest BCUT2D eigenvalue weighted by Gasteiger charge is -2.09. The van der Waals surface area contributed by atoms with Crippen molar-refractivity contribution in [3.63, 3.8) is 0 Å². The normalized spacial score (nSPS) is 11.4. The number of anilines is 1. The van der Waals surface area contributed by atoms with E-state index in [0.29, 0.717) is 0 Å². The summed E-state index contributed by atoms with van der Waals surface area (Å²) in [6.07, 6.45) is 3.23. The lowest BCUT2D eigenvalue weighted by atomic mass is 10.2. The molecule has 9 heteroatoms. The van der Waals surface area contributed by atoms with Crippen molar-refractivity contribution in [3.05, 3.63) is 64.9 Å². The van der Waals surface area contributed by atoms with E-state index in [4.69, 9.17) is 16.3 Å². The third-order valence-electron chi connectivity index (χ3n) is 3.29. The molecule has 0 aliphatic carbocycles. The fourth-order valence-electron chi connectivity index (χ4n) is 1.97. The second kappa shape index (κ2) is 8.79. The van der Waals surface area contributed by atoms with Gasteiger partial charge >= 0.3 is 5.97 Å². The van der Waals surface area contributed by atoms with Crippen LogP contribution < -0.4 is 5.32 Å². The summed E-state index contributed by atoms with van der Waals surface area (Å²) in [4.78, 5) is 23.5. The summed E-state index contributed by atoms with van der Waals surface area (Å²) in [7, 11) is -3.48. The van der Waals surface area contributed by atoms with E-state index in [-0.39, 0.29) is 21.2 Å². The molecule has 6 nitrogen and oxygen atoms in total. The molecule has 0 spiro atoms. The molecule has 0 aliphatic heterocycles. The maximum atomic E-state index is 13.4. The van der Waals surface area contributed by atoms with Crippen molar-refractivity contribution in [2.24, 2.45) is 0 Å². The van der Waals surface area contributed by atoms with Gasteiger partial charge in [0.1, 0.15) is 5.82 Å². The summed E-state index contributed by atoms with van der Waals surface area (Å²) in [5, 5.41) is 2.49. The van der Waals surface area contributed by atoms with Crippen molar-refractivity contribution < 1.29 is 27.1 Å². The Kier molecular flexibility index (Phi) is 6.70. The average Bonchev–Trinajstić information content (AvgIpc) is 2.60. The summed E-state index contributed by atoms with van der Waals surface area (Å²) in [5.74, 6) is -2.06. The Hall–Kier alpha value is -2.71. The van der Waals surface area contributed by atoms with Crippen molar-refractivity contribution >= 4 is 45.1 Å². The van der Waals surface area contributed by atoms with Gasteiger partial charge < -0.3 is 10.1 Å². The van der Waals surface area contributed by atoms with E-state index in [1.807, 2.05) is 0 Å². The summed E-state index contributed by atoms with van der Waals surface area (Å²) in [6, 6.07) is 9.68. The number of benzene rings is 2. The van der Waals surface area contributed by atoms with E-state index >= 15 is 0 Å². The molecule has 1 amide bonds. The van der Waals surface area contributed by atoms with Crippen molar-refractivity contribution in [1.29, 1.82) is 0 Å². The van der Waals surface area contributed by atoms with E-state index in [1.54, 1.807) is 6.07 Å². The van der Waals surface area contributed by atoms with Gasteiger partial charge in [-0.05, 0) is 30.3 Å². The Morgan fingerprint density at radius 2 is 1.93 bits per heavy atom. The molecular weight excluding hydrogens is 397 g/mol. The zero-order valence-corrected chi connectivity index (χ0v) is 15.7. The topological polar surface area (TPSA) is 89.5 Å². The smallest absolute Gasteiger partial charge is 0.331 e. The minimum atomic E-state index is -3.48. The Labute approximate surface area is 160 Å². The first-order chi connectivity index (χ1) is 12.7. The molecule has 2 aromatic carbocycles. The van der Waals surface area contributed by atoms with Gasteiger partial charge in [0.25, 0.3) is 5.91 Å². The predicted octanol–water partition coefficient (Wildman–Crippen LogP) is 3.08. The quantitative estimate of drug-likeness (QED) is 0.582. The molecule has 142 valence electrons. The number of hydrogen-bond acceptors (Lipinski definition) is 5. The van der Waals surface area contributed by atoms with Crippen LogP contribution in [-0.4, -0.2) is 33.2 Å². The largest absolute Gasteiger partial charge is 0.452 e. The van der Waals surface area contributed by atoms with Crippen molar-refractivity contribution in [1.82, 2.24) is 0 Å². The number of carbonyl (C=O) groups is 2. The van der Waals surface area contributed by atoms with Crippen LogP contribution in [0.1, 0.15) is 5.56 Å². The van der Waals surface area contributed by atoms with Crippen LogP contribution >= 0.6 is 11.6 Å². The van der Waals surface area contributed by atoms with Gasteiger partial charge in [-0.2, -0.15) is 0 Å². The van der Waals surface area contributed by atoms with Crippen LogP contribution in [0.2, 0.25) is 5.02 Å². The molecule has 2 rings (SSSR count). The van der Waals surface area contributed by atoms with Gasteiger partial charge in [-0.25, -0.2) is 17.6 Å². The highest BCUT2D eigenvalue weighted by atomic mass is 35.5. The first-order valence-corrected chi connectivity index (χ1v) is 9.82. The molecule has 1 N–H and O–H groups in total. The molecule has 0 radical (unpaired) electrons. The first-order valence-electron chi connectivity index (χ1n) is 7.55. The average molecular weight is 412 g/mol. The number of hydrogen-bond donors (Lipinski definition) is 1. The fraction of sp³-hybridized carbons (Fsp3) is 0.111. The lowest BCUT2D eigenvalue weighted by Crippen LogP contribution is -2.20. The van der Waals surface area contributed by atoms with E-state index < -0.39 is 34.1 Å². The lowest BCUT2D eigenvalue weighted by molar-refractivity contribution is -0.142. The molecule has 0 aliphatic rings. The summed E-state index contributed by atoms with van der Waals surface area (Å²) in [5.41, 5.74) is 0.269. The van der Waals surface area contributed by atoms with E-state index in [9.17, 15) is 22.4 Å². The molecule has 0 saturated heterocycles. The van der Waals surface area contributed by atoms with Crippen LogP contribution in [0.25, 0.3) is 6.08 Å². The molecule has 2 aromatic rings. The third-order valence-corrected chi connectivity index (χ3v) is 4.73. The highest BCUT2D eigenvalue weighted by molar-refractivity contribution is 7.90. The van der Waals surface area contributed by atoms with Crippen molar-refractivity contribution in [3.8, 4) is 0 Å². The maximum Gasteiger partial charge on any atom is 0.331 e.